The number of nitriles is 1. The van der Waals surface area contributed by atoms with Gasteiger partial charge in [-0.05, 0) is 31.2 Å². The summed E-state index contributed by atoms with van der Waals surface area (Å²) in [7, 11) is 1.92. The molecule has 4 heteroatoms. The zero-order valence-corrected chi connectivity index (χ0v) is 10.9. The zero-order valence-electron chi connectivity index (χ0n) is 10.9. The summed E-state index contributed by atoms with van der Waals surface area (Å²) < 4.78 is 13.3. The number of nitrogens with zero attached hydrogens (tertiary/aromatic N) is 2. The van der Waals surface area contributed by atoms with Crippen LogP contribution in [0.3, 0.4) is 0 Å². The molecule has 18 heavy (non-hydrogen) atoms. The van der Waals surface area contributed by atoms with Crippen LogP contribution < -0.4 is 5.73 Å². The molecule has 98 valence electrons. The van der Waals surface area contributed by atoms with Crippen LogP contribution in [0, 0.1) is 17.1 Å². The topological polar surface area (TPSA) is 53.0 Å². The Hall–Kier alpha value is -1.44. The van der Waals surface area contributed by atoms with Gasteiger partial charge in [0.05, 0.1) is 6.07 Å². The van der Waals surface area contributed by atoms with E-state index < -0.39 is 0 Å². The van der Waals surface area contributed by atoms with E-state index in [1.807, 2.05) is 24.9 Å². The first-order chi connectivity index (χ1) is 8.60. The van der Waals surface area contributed by atoms with E-state index in [1.54, 1.807) is 6.07 Å². The molecule has 0 aliphatic heterocycles. The van der Waals surface area contributed by atoms with Gasteiger partial charge >= 0.3 is 0 Å². The minimum absolute atomic E-state index is 0.0564. The highest BCUT2D eigenvalue weighted by atomic mass is 19.1. The maximum Gasteiger partial charge on any atom is 0.123 e. The average Bonchev–Trinajstić information content (AvgIpc) is 2.36. The summed E-state index contributed by atoms with van der Waals surface area (Å²) in [5.41, 5.74) is 6.99. The lowest BCUT2D eigenvalue weighted by Gasteiger charge is -2.32. The van der Waals surface area contributed by atoms with Gasteiger partial charge in [-0.25, -0.2) is 4.39 Å². The fraction of sp³-hybridized carbons (Fsp3) is 0.500. The van der Waals surface area contributed by atoms with Gasteiger partial charge in [-0.2, -0.15) is 5.26 Å². The van der Waals surface area contributed by atoms with Crippen LogP contribution in [0.2, 0.25) is 0 Å². The predicted octanol–water partition coefficient (Wildman–Crippen LogP) is 2.45. The highest BCUT2D eigenvalue weighted by Gasteiger charge is 2.23. The Morgan fingerprint density at radius 1 is 1.50 bits per heavy atom. The van der Waals surface area contributed by atoms with Crippen molar-refractivity contribution in [2.75, 3.05) is 13.6 Å². The maximum atomic E-state index is 13.3. The number of rotatable bonds is 6. The van der Waals surface area contributed by atoms with E-state index in [0.29, 0.717) is 13.0 Å². The fourth-order valence-electron chi connectivity index (χ4n) is 2.11. The Kier molecular flexibility index (Phi) is 5.76. The molecule has 2 atom stereocenters. The van der Waals surface area contributed by atoms with Crippen molar-refractivity contribution in [3.05, 3.63) is 35.6 Å². The molecule has 0 saturated carbocycles. The molecule has 0 spiro atoms. The number of hydrogen-bond donors (Lipinski definition) is 1. The Balaban J connectivity index is 2.94. The minimum atomic E-state index is -0.255. The van der Waals surface area contributed by atoms with Crippen molar-refractivity contribution >= 4 is 0 Å². The van der Waals surface area contributed by atoms with E-state index in [2.05, 4.69) is 6.07 Å². The Morgan fingerprint density at radius 3 is 2.78 bits per heavy atom. The van der Waals surface area contributed by atoms with Crippen molar-refractivity contribution in [1.29, 1.82) is 5.26 Å². The molecule has 0 amide bonds. The van der Waals surface area contributed by atoms with Crippen molar-refractivity contribution in [3.8, 4) is 6.07 Å². The van der Waals surface area contributed by atoms with E-state index in [-0.39, 0.29) is 17.9 Å². The third-order valence-corrected chi connectivity index (χ3v) is 3.12. The number of likely N-dealkylation sites (N-methyl/N-ethyl adjacent to an activating group) is 1. The largest absolute Gasteiger partial charge is 0.326 e. The zero-order chi connectivity index (χ0) is 13.5. The van der Waals surface area contributed by atoms with Crippen LogP contribution in [-0.4, -0.2) is 24.5 Å². The van der Waals surface area contributed by atoms with E-state index in [4.69, 9.17) is 11.0 Å². The van der Waals surface area contributed by atoms with Crippen LogP contribution in [0.15, 0.2) is 24.3 Å². The van der Waals surface area contributed by atoms with Crippen molar-refractivity contribution in [1.82, 2.24) is 4.90 Å². The van der Waals surface area contributed by atoms with Crippen LogP contribution in [0.4, 0.5) is 4.39 Å². The Bertz CT molecular complexity index is 414. The molecule has 0 saturated heterocycles. The molecular formula is C14H20FN3. The molecular weight excluding hydrogens is 229 g/mol. The van der Waals surface area contributed by atoms with Gasteiger partial charge in [0, 0.05) is 25.0 Å². The van der Waals surface area contributed by atoms with Gasteiger partial charge in [-0.1, -0.05) is 19.1 Å². The molecule has 0 aliphatic carbocycles. The highest BCUT2D eigenvalue weighted by Crippen LogP contribution is 2.24. The van der Waals surface area contributed by atoms with Gasteiger partial charge in [0.25, 0.3) is 0 Å². The van der Waals surface area contributed by atoms with Gasteiger partial charge in [0.15, 0.2) is 0 Å². The van der Waals surface area contributed by atoms with Crippen LogP contribution in [-0.2, 0) is 0 Å². The maximum absolute atomic E-state index is 13.3. The van der Waals surface area contributed by atoms with Gasteiger partial charge in [-0.15, -0.1) is 0 Å². The Morgan fingerprint density at radius 2 is 2.22 bits per heavy atom. The van der Waals surface area contributed by atoms with Crippen LogP contribution >= 0.6 is 0 Å². The number of benzene rings is 1. The molecule has 3 nitrogen and oxygen atoms in total. The third kappa shape index (κ3) is 3.80. The fourth-order valence-corrected chi connectivity index (χ4v) is 2.11. The molecule has 0 fully saturated rings. The van der Waals surface area contributed by atoms with Crippen molar-refractivity contribution < 1.29 is 4.39 Å². The van der Waals surface area contributed by atoms with Crippen LogP contribution in [0.25, 0.3) is 0 Å². The second-order valence-electron chi connectivity index (χ2n) is 4.46. The summed E-state index contributed by atoms with van der Waals surface area (Å²) in [5.74, 6) is -0.255. The summed E-state index contributed by atoms with van der Waals surface area (Å²) in [6, 6.07) is 8.50. The monoisotopic (exact) mass is 249 g/mol. The first kappa shape index (κ1) is 14.6. The van der Waals surface area contributed by atoms with Crippen LogP contribution in [0.5, 0.6) is 0 Å². The molecule has 0 radical (unpaired) electrons. The van der Waals surface area contributed by atoms with Crippen molar-refractivity contribution in [2.45, 2.75) is 31.8 Å². The van der Waals surface area contributed by atoms with Gasteiger partial charge < -0.3 is 5.73 Å². The number of halogens is 1. The van der Waals surface area contributed by atoms with E-state index in [0.717, 1.165) is 12.0 Å². The smallest absolute Gasteiger partial charge is 0.123 e. The van der Waals surface area contributed by atoms with E-state index in [9.17, 15) is 4.39 Å². The minimum Gasteiger partial charge on any atom is -0.326 e. The Labute approximate surface area is 108 Å². The van der Waals surface area contributed by atoms with Gasteiger partial charge in [0.1, 0.15) is 5.82 Å². The molecule has 2 unspecified atom stereocenters. The molecule has 1 aromatic carbocycles. The lowest BCUT2D eigenvalue weighted by molar-refractivity contribution is 0.213. The summed E-state index contributed by atoms with van der Waals surface area (Å²) in [6.45, 7) is 2.64. The molecule has 0 aromatic heterocycles. The highest BCUT2D eigenvalue weighted by molar-refractivity contribution is 5.21. The van der Waals surface area contributed by atoms with Crippen LogP contribution in [0.1, 0.15) is 31.4 Å². The molecule has 1 aromatic rings. The van der Waals surface area contributed by atoms with Crippen molar-refractivity contribution in [2.24, 2.45) is 5.73 Å². The molecule has 0 aliphatic rings. The standard InChI is InChI=1S/C14H20FN3/c1-3-13(17)14(18(2)9-5-8-16)11-6-4-7-12(15)10-11/h4,6-7,10,13-14H,3,5,9,17H2,1-2H3. The summed E-state index contributed by atoms with van der Waals surface area (Å²) in [4.78, 5) is 2.02. The van der Waals surface area contributed by atoms with Crippen molar-refractivity contribution in [3.63, 3.8) is 0 Å². The molecule has 0 bridgehead atoms. The number of hydrogen-bond acceptors (Lipinski definition) is 3. The van der Waals surface area contributed by atoms with Gasteiger partial charge in [-0.3, -0.25) is 4.90 Å². The average molecular weight is 249 g/mol. The summed E-state index contributed by atoms with van der Waals surface area (Å²) in [6.07, 6.45) is 1.25. The third-order valence-electron chi connectivity index (χ3n) is 3.12. The second-order valence-corrected chi connectivity index (χ2v) is 4.46. The summed E-state index contributed by atoms with van der Waals surface area (Å²) >= 11 is 0. The predicted molar refractivity (Wildman–Crippen MR) is 70.3 cm³/mol. The summed E-state index contributed by atoms with van der Waals surface area (Å²) in [5, 5.41) is 8.64. The lowest BCUT2D eigenvalue weighted by Crippen LogP contribution is -2.39. The van der Waals surface area contributed by atoms with E-state index >= 15 is 0 Å². The molecule has 1 rings (SSSR count). The normalized spacial score (nSPS) is 14.2. The molecule has 0 heterocycles. The SMILES string of the molecule is CCC(N)C(c1cccc(F)c1)N(C)CCC#N. The first-order valence-corrected chi connectivity index (χ1v) is 6.18. The van der Waals surface area contributed by atoms with Gasteiger partial charge in [0.2, 0.25) is 0 Å². The first-order valence-electron chi connectivity index (χ1n) is 6.18. The number of nitrogens with two attached hydrogens (primary N) is 1. The molecule has 2 N–H and O–H groups in total. The van der Waals surface area contributed by atoms with E-state index in [1.165, 1.54) is 12.1 Å². The quantitative estimate of drug-likeness (QED) is 0.842. The second kappa shape index (κ2) is 7.10. The lowest BCUT2D eigenvalue weighted by atomic mass is 9.96.